The van der Waals surface area contributed by atoms with Crippen molar-refractivity contribution in [2.75, 3.05) is 5.75 Å². The molecule has 1 saturated heterocycles. The molecule has 3 rings (SSSR count). The van der Waals surface area contributed by atoms with Crippen LogP contribution >= 0.6 is 11.8 Å². The molecule has 2 heterocycles. The Bertz CT molecular complexity index is 730. The average molecular weight is 344 g/mol. The van der Waals surface area contributed by atoms with Gasteiger partial charge >= 0.3 is 0 Å². The molecule has 1 fully saturated rings. The molecule has 6 heteroatoms. The molecule has 0 unspecified atom stereocenters. The number of thioether (sulfide) groups is 1. The molecule has 0 radical (unpaired) electrons. The van der Waals surface area contributed by atoms with E-state index in [2.05, 4.69) is 5.32 Å². The second-order valence-corrected chi connectivity index (χ2v) is 6.86. The van der Waals surface area contributed by atoms with Gasteiger partial charge < -0.3 is 14.6 Å². The van der Waals surface area contributed by atoms with Gasteiger partial charge in [-0.3, -0.25) is 9.59 Å². The van der Waals surface area contributed by atoms with E-state index in [0.29, 0.717) is 18.1 Å². The van der Waals surface area contributed by atoms with Gasteiger partial charge in [0.1, 0.15) is 17.2 Å². The van der Waals surface area contributed by atoms with Crippen molar-refractivity contribution in [1.82, 2.24) is 10.2 Å². The largest absolute Gasteiger partial charge is 0.467 e. The molecular weight excluding hydrogens is 324 g/mol. The Labute approximate surface area is 145 Å². The fourth-order valence-electron chi connectivity index (χ4n) is 2.82. The predicted molar refractivity (Wildman–Crippen MR) is 93.2 cm³/mol. The second kappa shape index (κ2) is 7.13. The van der Waals surface area contributed by atoms with Crippen LogP contribution in [-0.4, -0.2) is 28.5 Å². The third kappa shape index (κ3) is 3.33. The molecule has 126 valence electrons. The van der Waals surface area contributed by atoms with Gasteiger partial charge in [0, 0.05) is 0 Å². The minimum Gasteiger partial charge on any atom is -0.467 e. The number of hydrogen-bond donors (Lipinski definition) is 1. The molecule has 0 bridgehead atoms. The van der Waals surface area contributed by atoms with E-state index in [9.17, 15) is 9.59 Å². The third-order valence-corrected chi connectivity index (χ3v) is 5.38. The molecule has 1 N–H and O–H groups in total. The molecule has 2 atom stereocenters. The lowest BCUT2D eigenvalue weighted by Gasteiger charge is -2.30. The first kappa shape index (κ1) is 16.6. The lowest BCUT2D eigenvalue weighted by atomic mass is 10.1. The van der Waals surface area contributed by atoms with E-state index in [4.69, 9.17) is 4.42 Å². The highest BCUT2D eigenvalue weighted by atomic mass is 32.2. The molecule has 2 amide bonds. The summed E-state index contributed by atoms with van der Waals surface area (Å²) in [5.41, 5.74) is 2.21. The zero-order valence-electron chi connectivity index (χ0n) is 13.7. The lowest BCUT2D eigenvalue weighted by molar-refractivity contribution is -0.138. The first-order valence-corrected chi connectivity index (χ1v) is 8.91. The van der Waals surface area contributed by atoms with Gasteiger partial charge in [0.2, 0.25) is 11.8 Å². The molecule has 0 saturated carbocycles. The molecule has 0 aliphatic carbocycles. The average Bonchev–Trinajstić information content (AvgIpc) is 3.22. The van der Waals surface area contributed by atoms with Crippen molar-refractivity contribution in [2.45, 2.75) is 31.8 Å². The molecule has 5 nitrogen and oxygen atoms in total. The van der Waals surface area contributed by atoms with Crippen LogP contribution < -0.4 is 5.32 Å². The second-order valence-electron chi connectivity index (χ2n) is 5.79. The molecule has 24 heavy (non-hydrogen) atoms. The number of benzene rings is 1. The SMILES string of the molecule is Cc1ccccc1[C@H]1SCC(=O)N1[C@H](C)C(=O)NCc1ccco1. The summed E-state index contributed by atoms with van der Waals surface area (Å²) in [6.45, 7) is 4.12. The Morgan fingerprint density at radius 3 is 2.88 bits per heavy atom. The Morgan fingerprint density at radius 1 is 1.38 bits per heavy atom. The highest BCUT2D eigenvalue weighted by Crippen LogP contribution is 2.41. The summed E-state index contributed by atoms with van der Waals surface area (Å²) in [7, 11) is 0. The Hall–Kier alpha value is -2.21. The van der Waals surface area contributed by atoms with Gasteiger partial charge in [0.25, 0.3) is 0 Å². The molecule has 1 aromatic heterocycles. The van der Waals surface area contributed by atoms with Gasteiger partial charge in [-0.25, -0.2) is 0 Å². The number of furan rings is 1. The van der Waals surface area contributed by atoms with Crippen LogP contribution in [0.15, 0.2) is 47.1 Å². The van der Waals surface area contributed by atoms with E-state index < -0.39 is 6.04 Å². The van der Waals surface area contributed by atoms with Gasteiger partial charge in [-0.05, 0) is 37.1 Å². The molecule has 1 aliphatic heterocycles. The smallest absolute Gasteiger partial charge is 0.242 e. The van der Waals surface area contributed by atoms with Crippen molar-refractivity contribution in [3.63, 3.8) is 0 Å². The molecule has 1 aliphatic rings. The third-order valence-electron chi connectivity index (χ3n) is 4.17. The van der Waals surface area contributed by atoms with Crippen LogP contribution in [0.5, 0.6) is 0 Å². The maximum Gasteiger partial charge on any atom is 0.242 e. The van der Waals surface area contributed by atoms with Crippen LogP contribution in [0.1, 0.15) is 29.2 Å². The van der Waals surface area contributed by atoms with Crippen LogP contribution in [0.4, 0.5) is 0 Å². The number of amides is 2. The highest BCUT2D eigenvalue weighted by Gasteiger charge is 2.39. The Balaban J connectivity index is 1.73. The normalized spacial score (nSPS) is 18.7. The summed E-state index contributed by atoms with van der Waals surface area (Å²) < 4.78 is 5.22. The molecule has 1 aromatic carbocycles. The number of nitrogens with one attached hydrogen (secondary N) is 1. The maximum atomic E-state index is 12.5. The van der Waals surface area contributed by atoms with Crippen molar-refractivity contribution in [3.8, 4) is 0 Å². The van der Waals surface area contributed by atoms with E-state index in [-0.39, 0.29) is 17.2 Å². The first-order valence-electron chi connectivity index (χ1n) is 7.86. The number of carbonyl (C=O) groups excluding carboxylic acids is 2. The monoisotopic (exact) mass is 344 g/mol. The topological polar surface area (TPSA) is 62.6 Å². The van der Waals surface area contributed by atoms with Crippen LogP contribution in [0.3, 0.4) is 0 Å². The van der Waals surface area contributed by atoms with Crippen molar-refractivity contribution in [2.24, 2.45) is 0 Å². The van der Waals surface area contributed by atoms with Crippen LogP contribution in [0.25, 0.3) is 0 Å². The Morgan fingerprint density at radius 2 is 2.17 bits per heavy atom. The van der Waals surface area contributed by atoms with Gasteiger partial charge in [-0.1, -0.05) is 24.3 Å². The standard InChI is InChI=1S/C18H20N2O3S/c1-12-6-3-4-8-15(12)18-20(16(21)11-24-18)13(2)17(22)19-10-14-7-5-9-23-14/h3-9,13,18H,10-11H2,1-2H3,(H,19,22)/t13-,18-/m1/s1. The summed E-state index contributed by atoms with van der Waals surface area (Å²) in [6, 6.07) is 11.0. The lowest BCUT2D eigenvalue weighted by Crippen LogP contribution is -2.46. The van der Waals surface area contributed by atoms with Crippen molar-refractivity contribution >= 4 is 23.6 Å². The zero-order chi connectivity index (χ0) is 17.1. The molecule has 2 aromatic rings. The van der Waals surface area contributed by atoms with Gasteiger partial charge in [0.05, 0.1) is 18.6 Å². The molecular formula is C18H20N2O3S. The summed E-state index contributed by atoms with van der Waals surface area (Å²) in [5.74, 6) is 0.900. The van der Waals surface area contributed by atoms with Crippen molar-refractivity contribution in [1.29, 1.82) is 0 Å². The van der Waals surface area contributed by atoms with E-state index in [1.54, 1.807) is 42.0 Å². The first-order chi connectivity index (χ1) is 11.6. The Kier molecular flexibility index (Phi) is 4.94. The zero-order valence-corrected chi connectivity index (χ0v) is 14.5. The minimum absolute atomic E-state index is 0.00565. The number of rotatable bonds is 5. The number of aryl methyl sites for hydroxylation is 1. The quantitative estimate of drug-likeness (QED) is 0.906. The number of carbonyl (C=O) groups is 2. The predicted octanol–water partition coefficient (Wildman–Crippen LogP) is 2.87. The fraction of sp³-hybridized carbons (Fsp3) is 0.333. The summed E-state index contributed by atoms with van der Waals surface area (Å²) >= 11 is 1.57. The van der Waals surface area contributed by atoms with Crippen LogP contribution in [0, 0.1) is 6.92 Å². The van der Waals surface area contributed by atoms with E-state index in [0.717, 1.165) is 11.1 Å². The van der Waals surface area contributed by atoms with E-state index in [1.807, 2.05) is 31.2 Å². The molecule has 0 spiro atoms. The van der Waals surface area contributed by atoms with Gasteiger partial charge in [-0.15, -0.1) is 11.8 Å². The minimum atomic E-state index is -0.535. The van der Waals surface area contributed by atoms with Crippen molar-refractivity contribution < 1.29 is 14.0 Å². The van der Waals surface area contributed by atoms with Crippen molar-refractivity contribution in [3.05, 3.63) is 59.5 Å². The summed E-state index contributed by atoms with van der Waals surface area (Å²) in [5, 5.41) is 2.71. The van der Waals surface area contributed by atoms with E-state index >= 15 is 0 Å². The summed E-state index contributed by atoms with van der Waals surface area (Å²) in [4.78, 5) is 26.5. The fourth-order valence-corrected chi connectivity index (χ4v) is 4.17. The highest BCUT2D eigenvalue weighted by molar-refractivity contribution is 8.00. The van der Waals surface area contributed by atoms with Crippen LogP contribution in [-0.2, 0) is 16.1 Å². The maximum absolute atomic E-state index is 12.5. The summed E-state index contributed by atoms with van der Waals surface area (Å²) in [6.07, 6.45) is 1.57. The van der Waals surface area contributed by atoms with E-state index in [1.165, 1.54) is 0 Å². The van der Waals surface area contributed by atoms with Gasteiger partial charge in [0.15, 0.2) is 0 Å². The number of hydrogen-bond acceptors (Lipinski definition) is 4. The number of nitrogens with zero attached hydrogens (tertiary/aromatic N) is 1. The van der Waals surface area contributed by atoms with Crippen LogP contribution in [0.2, 0.25) is 0 Å². The van der Waals surface area contributed by atoms with Gasteiger partial charge in [-0.2, -0.15) is 0 Å².